The van der Waals surface area contributed by atoms with Crippen LogP contribution in [0.4, 0.5) is 17.2 Å². The van der Waals surface area contributed by atoms with Crippen LogP contribution in [0.3, 0.4) is 0 Å². The Morgan fingerprint density at radius 3 is 2.54 bits per heavy atom. The molecule has 3 N–H and O–H groups in total. The molecule has 24 heavy (non-hydrogen) atoms. The largest absolute Gasteiger partial charge is 0.466 e. The highest BCUT2D eigenvalue weighted by atomic mass is 16.5. The Kier molecular flexibility index (Phi) is 6.27. The van der Waals surface area contributed by atoms with Crippen LogP contribution in [0, 0.1) is 0 Å². The minimum absolute atomic E-state index is 0.201. The Morgan fingerprint density at radius 2 is 1.92 bits per heavy atom. The van der Waals surface area contributed by atoms with Crippen molar-refractivity contribution in [3.05, 3.63) is 48.7 Å². The van der Waals surface area contributed by atoms with Gasteiger partial charge in [-0.1, -0.05) is 18.2 Å². The first-order valence-electron chi connectivity index (χ1n) is 7.51. The molecule has 0 saturated heterocycles. The lowest BCUT2D eigenvalue weighted by Crippen LogP contribution is -2.30. The van der Waals surface area contributed by atoms with E-state index in [0.717, 1.165) is 5.69 Å². The van der Waals surface area contributed by atoms with Gasteiger partial charge < -0.3 is 20.5 Å². The first-order valence-corrected chi connectivity index (χ1v) is 7.51. The molecular formula is C17H19N3O4. The van der Waals surface area contributed by atoms with E-state index in [4.69, 9.17) is 0 Å². The molecule has 1 aromatic carbocycles. The molecule has 7 heteroatoms. The van der Waals surface area contributed by atoms with Crippen LogP contribution in [0.1, 0.15) is 13.3 Å². The number of carbonyl (C=O) groups is 2. The summed E-state index contributed by atoms with van der Waals surface area (Å²) in [6, 6.07) is 12.9. The van der Waals surface area contributed by atoms with Crippen molar-refractivity contribution in [2.24, 2.45) is 0 Å². The maximum absolute atomic E-state index is 11.8. The van der Waals surface area contributed by atoms with Crippen molar-refractivity contribution in [3.8, 4) is 0 Å². The van der Waals surface area contributed by atoms with Crippen molar-refractivity contribution in [3.63, 3.8) is 0 Å². The summed E-state index contributed by atoms with van der Waals surface area (Å²) in [7, 11) is 0. The van der Waals surface area contributed by atoms with Crippen LogP contribution < -0.4 is 10.6 Å². The Hall–Kier alpha value is -2.93. The molecule has 2 rings (SSSR count). The Morgan fingerprint density at radius 1 is 1.17 bits per heavy atom. The van der Waals surface area contributed by atoms with E-state index in [1.54, 1.807) is 19.1 Å². The highest BCUT2D eigenvalue weighted by Gasteiger charge is 2.19. The number of esters is 1. The normalized spacial score (nSPS) is 11.4. The summed E-state index contributed by atoms with van der Waals surface area (Å²) in [5.41, 5.74) is 1.31. The molecule has 126 valence electrons. The van der Waals surface area contributed by atoms with Gasteiger partial charge in [0.05, 0.1) is 24.9 Å². The van der Waals surface area contributed by atoms with E-state index < -0.39 is 18.0 Å². The molecular weight excluding hydrogens is 310 g/mol. The molecule has 0 aliphatic rings. The van der Waals surface area contributed by atoms with Crippen LogP contribution in [0.25, 0.3) is 0 Å². The lowest BCUT2D eigenvalue weighted by molar-refractivity contribution is -0.147. The molecule has 2 aromatic rings. The third-order valence-corrected chi connectivity index (χ3v) is 3.05. The minimum Gasteiger partial charge on any atom is -0.466 e. The molecule has 0 aliphatic heterocycles. The van der Waals surface area contributed by atoms with Crippen LogP contribution in [-0.2, 0) is 14.3 Å². The van der Waals surface area contributed by atoms with Gasteiger partial charge in [-0.25, -0.2) is 4.98 Å². The third-order valence-electron chi connectivity index (χ3n) is 3.05. The summed E-state index contributed by atoms with van der Waals surface area (Å²) in [6.45, 7) is 1.86. The van der Waals surface area contributed by atoms with Gasteiger partial charge in [0.2, 0.25) is 0 Å². The SMILES string of the molecule is CCOC(=O)CC(O)C(=O)Nc1ccc(Nc2ccccc2)nc1. The van der Waals surface area contributed by atoms with Gasteiger partial charge in [0.1, 0.15) is 11.9 Å². The Balaban J connectivity index is 1.89. The van der Waals surface area contributed by atoms with Crippen LogP contribution in [0.5, 0.6) is 0 Å². The van der Waals surface area contributed by atoms with E-state index in [-0.39, 0.29) is 13.0 Å². The van der Waals surface area contributed by atoms with Crippen LogP contribution >= 0.6 is 0 Å². The third kappa shape index (κ3) is 5.36. The fraction of sp³-hybridized carbons (Fsp3) is 0.235. The van der Waals surface area contributed by atoms with Crippen LogP contribution in [0.15, 0.2) is 48.7 Å². The minimum atomic E-state index is -1.47. The molecule has 0 saturated carbocycles. The zero-order chi connectivity index (χ0) is 17.4. The molecule has 1 amide bonds. The zero-order valence-corrected chi connectivity index (χ0v) is 13.2. The number of para-hydroxylation sites is 1. The quantitative estimate of drug-likeness (QED) is 0.672. The van der Waals surface area contributed by atoms with Gasteiger partial charge in [0.25, 0.3) is 5.91 Å². The molecule has 7 nitrogen and oxygen atoms in total. The number of hydrogen-bond acceptors (Lipinski definition) is 6. The zero-order valence-electron chi connectivity index (χ0n) is 13.2. The maximum atomic E-state index is 11.8. The Bertz CT molecular complexity index is 674. The highest BCUT2D eigenvalue weighted by Crippen LogP contribution is 2.16. The average molecular weight is 329 g/mol. The number of pyridine rings is 1. The summed E-state index contributed by atoms with van der Waals surface area (Å²) in [6.07, 6.45) is -0.396. The van der Waals surface area contributed by atoms with Crippen LogP contribution in [-0.4, -0.2) is 34.7 Å². The first kappa shape index (κ1) is 17.4. The molecule has 0 fully saturated rings. The van der Waals surface area contributed by atoms with E-state index in [2.05, 4.69) is 20.4 Å². The number of ether oxygens (including phenoxy) is 1. The van der Waals surface area contributed by atoms with Crippen molar-refractivity contribution in [1.82, 2.24) is 4.98 Å². The molecule has 1 aromatic heterocycles. The number of aromatic nitrogens is 1. The second-order valence-electron chi connectivity index (χ2n) is 4.94. The Labute approximate surface area is 139 Å². The monoisotopic (exact) mass is 329 g/mol. The van der Waals surface area contributed by atoms with Gasteiger partial charge in [-0.3, -0.25) is 9.59 Å². The first-order chi connectivity index (χ1) is 11.6. The predicted molar refractivity (Wildman–Crippen MR) is 89.8 cm³/mol. The van der Waals surface area contributed by atoms with Crippen molar-refractivity contribution in [2.75, 3.05) is 17.2 Å². The van der Waals surface area contributed by atoms with E-state index >= 15 is 0 Å². The van der Waals surface area contributed by atoms with Gasteiger partial charge >= 0.3 is 5.97 Å². The number of carbonyl (C=O) groups excluding carboxylic acids is 2. The molecule has 0 spiro atoms. The van der Waals surface area contributed by atoms with Crippen LogP contribution in [0.2, 0.25) is 0 Å². The average Bonchev–Trinajstić information content (AvgIpc) is 2.57. The maximum Gasteiger partial charge on any atom is 0.308 e. The number of aliphatic hydroxyl groups is 1. The van der Waals surface area contributed by atoms with Crippen molar-refractivity contribution in [2.45, 2.75) is 19.4 Å². The van der Waals surface area contributed by atoms with Gasteiger partial charge in [-0.2, -0.15) is 0 Å². The number of nitrogens with zero attached hydrogens (tertiary/aromatic N) is 1. The standard InChI is InChI=1S/C17H19N3O4/c1-2-24-16(22)10-14(21)17(23)20-13-8-9-15(18-11-13)19-12-6-4-3-5-7-12/h3-9,11,14,21H,2,10H2,1H3,(H,18,19)(H,20,23). The van der Waals surface area contributed by atoms with Gasteiger partial charge in [-0.05, 0) is 31.2 Å². The number of hydrogen-bond donors (Lipinski definition) is 3. The topological polar surface area (TPSA) is 101 Å². The van der Waals surface area contributed by atoms with Gasteiger partial charge in [0, 0.05) is 5.69 Å². The van der Waals surface area contributed by atoms with Crippen molar-refractivity contribution in [1.29, 1.82) is 0 Å². The fourth-order valence-corrected chi connectivity index (χ4v) is 1.91. The molecule has 0 aliphatic carbocycles. The summed E-state index contributed by atoms with van der Waals surface area (Å²) in [5, 5.41) is 15.3. The summed E-state index contributed by atoms with van der Waals surface area (Å²) in [5.74, 6) is -0.694. The number of nitrogens with one attached hydrogen (secondary N) is 2. The summed E-state index contributed by atoms with van der Waals surface area (Å²) in [4.78, 5) is 27.2. The number of rotatable bonds is 7. The number of amides is 1. The lowest BCUT2D eigenvalue weighted by Gasteiger charge is -2.11. The highest BCUT2D eigenvalue weighted by molar-refractivity contribution is 5.96. The summed E-state index contributed by atoms with van der Waals surface area (Å²) < 4.78 is 4.69. The fourth-order valence-electron chi connectivity index (χ4n) is 1.91. The molecule has 0 bridgehead atoms. The number of benzene rings is 1. The second-order valence-corrected chi connectivity index (χ2v) is 4.94. The number of aliphatic hydroxyl groups excluding tert-OH is 1. The van der Waals surface area contributed by atoms with Gasteiger partial charge in [-0.15, -0.1) is 0 Å². The van der Waals surface area contributed by atoms with E-state index in [1.807, 2.05) is 30.3 Å². The van der Waals surface area contributed by atoms with E-state index in [0.29, 0.717) is 11.5 Å². The van der Waals surface area contributed by atoms with E-state index in [9.17, 15) is 14.7 Å². The molecule has 0 radical (unpaired) electrons. The summed E-state index contributed by atoms with van der Waals surface area (Å²) >= 11 is 0. The molecule has 1 heterocycles. The van der Waals surface area contributed by atoms with Crippen molar-refractivity contribution >= 4 is 29.1 Å². The molecule has 1 atom stereocenters. The van der Waals surface area contributed by atoms with Gasteiger partial charge in [0.15, 0.2) is 0 Å². The van der Waals surface area contributed by atoms with E-state index in [1.165, 1.54) is 6.20 Å². The molecule has 1 unspecified atom stereocenters. The lowest BCUT2D eigenvalue weighted by atomic mass is 10.2. The second kappa shape index (κ2) is 8.64. The number of anilines is 3. The predicted octanol–water partition coefficient (Wildman–Crippen LogP) is 2.08. The smallest absolute Gasteiger partial charge is 0.308 e. The van der Waals surface area contributed by atoms with Crippen molar-refractivity contribution < 1.29 is 19.4 Å².